The lowest BCUT2D eigenvalue weighted by Crippen LogP contribution is -2.43. The van der Waals surface area contributed by atoms with E-state index in [4.69, 9.17) is 10.8 Å². The van der Waals surface area contributed by atoms with Crippen molar-refractivity contribution in [2.45, 2.75) is 17.4 Å². The largest absolute Gasteiger partial charge is 0.480 e. The van der Waals surface area contributed by atoms with E-state index in [-0.39, 0.29) is 4.90 Å². The highest BCUT2D eigenvalue weighted by molar-refractivity contribution is 7.89. The molecule has 0 heterocycles. The number of sulfonamides is 1. The summed E-state index contributed by atoms with van der Waals surface area (Å²) in [4.78, 5) is 21.8. The number of aliphatic carboxylic acids is 1. The number of carboxylic acid groups (broad SMARTS) is 1. The molecule has 0 aliphatic rings. The lowest BCUT2D eigenvalue weighted by atomic mass is 10.1. The second-order valence-corrected chi connectivity index (χ2v) is 6.41. The first kappa shape index (κ1) is 15.9. The number of benzene rings is 2. The van der Waals surface area contributed by atoms with Gasteiger partial charge in [0.1, 0.15) is 6.04 Å². The Balaban J connectivity index is 2.34. The lowest BCUT2D eigenvalue weighted by Gasteiger charge is -2.13. The van der Waals surface area contributed by atoms with Crippen LogP contribution in [0.4, 0.5) is 0 Å². The second kappa shape index (κ2) is 6.12. The fourth-order valence-electron chi connectivity index (χ4n) is 1.97. The maximum absolute atomic E-state index is 12.2. The van der Waals surface area contributed by atoms with Gasteiger partial charge in [0.15, 0.2) is 0 Å². The third kappa shape index (κ3) is 3.60. The molecule has 0 aliphatic heterocycles. The van der Waals surface area contributed by atoms with Crippen LogP contribution in [0.5, 0.6) is 0 Å². The molecule has 0 radical (unpaired) electrons. The van der Waals surface area contributed by atoms with E-state index in [9.17, 15) is 18.0 Å². The van der Waals surface area contributed by atoms with Crippen molar-refractivity contribution in [3.8, 4) is 0 Å². The van der Waals surface area contributed by atoms with Gasteiger partial charge in [-0.15, -0.1) is 0 Å². The molecule has 2 rings (SSSR count). The third-order valence-electron chi connectivity index (χ3n) is 3.03. The van der Waals surface area contributed by atoms with E-state index in [2.05, 4.69) is 0 Å². The Morgan fingerprint density at radius 2 is 1.77 bits per heavy atom. The van der Waals surface area contributed by atoms with Gasteiger partial charge >= 0.3 is 5.97 Å². The van der Waals surface area contributed by atoms with Crippen LogP contribution < -0.4 is 10.5 Å². The van der Waals surface area contributed by atoms with Crippen molar-refractivity contribution in [1.82, 2.24) is 4.72 Å². The van der Waals surface area contributed by atoms with Gasteiger partial charge < -0.3 is 10.8 Å². The Labute approximate surface area is 126 Å². The normalized spacial score (nSPS) is 12.9. The zero-order chi connectivity index (χ0) is 16.3. The van der Waals surface area contributed by atoms with Crippen molar-refractivity contribution in [3.05, 3.63) is 42.5 Å². The number of nitrogens with one attached hydrogen (secondary N) is 1. The van der Waals surface area contributed by atoms with Crippen LogP contribution in [-0.2, 0) is 19.6 Å². The molecule has 1 atom stereocenters. The van der Waals surface area contributed by atoms with Gasteiger partial charge in [-0.1, -0.05) is 30.3 Å². The van der Waals surface area contributed by atoms with Crippen molar-refractivity contribution in [3.63, 3.8) is 0 Å². The topological polar surface area (TPSA) is 127 Å². The van der Waals surface area contributed by atoms with Gasteiger partial charge in [-0.3, -0.25) is 9.59 Å². The van der Waals surface area contributed by atoms with Gasteiger partial charge in [-0.05, 0) is 22.9 Å². The van der Waals surface area contributed by atoms with E-state index in [1.165, 1.54) is 12.1 Å². The minimum Gasteiger partial charge on any atom is -0.480 e. The Bertz CT molecular complexity index is 832. The number of carbonyl (C=O) groups is 2. The Morgan fingerprint density at radius 1 is 1.14 bits per heavy atom. The fourth-order valence-corrected chi connectivity index (χ4v) is 3.19. The van der Waals surface area contributed by atoms with Gasteiger partial charge in [-0.2, -0.15) is 4.72 Å². The highest BCUT2D eigenvalue weighted by Gasteiger charge is 2.27. The summed E-state index contributed by atoms with van der Waals surface area (Å²) in [5.41, 5.74) is 4.93. The monoisotopic (exact) mass is 322 g/mol. The smallest absolute Gasteiger partial charge is 0.322 e. The van der Waals surface area contributed by atoms with Crippen LogP contribution in [0.3, 0.4) is 0 Å². The van der Waals surface area contributed by atoms with E-state index in [1.807, 2.05) is 16.9 Å². The van der Waals surface area contributed by atoms with Crippen molar-refractivity contribution in [1.29, 1.82) is 0 Å². The summed E-state index contributed by atoms with van der Waals surface area (Å²) in [6.07, 6.45) is -0.623. The molecule has 1 amide bonds. The maximum atomic E-state index is 12.2. The molecule has 2 aromatic rings. The van der Waals surface area contributed by atoms with Crippen LogP contribution >= 0.6 is 0 Å². The first-order chi connectivity index (χ1) is 10.3. The molecule has 0 spiro atoms. The molecular formula is C14H14N2O5S. The van der Waals surface area contributed by atoms with Gasteiger partial charge in [0.05, 0.1) is 11.3 Å². The average molecular weight is 322 g/mol. The maximum Gasteiger partial charge on any atom is 0.322 e. The number of rotatable bonds is 6. The van der Waals surface area contributed by atoms with Gasteiger partial charge in [-0.25, -0.2) is 8.42 Å². The highest BCUT2D eigenvalue weighted by Crippen LogP contribution is 2.19. The molecule has 0 bridgehead atoms. The van der Waals surface area contributed by atoms with Gasteiger partial charge in [0.2, 0.25) is 15.9 Å². The second-order valence-electron chi connectivity index (χ2n) is 4.69. The number of carbonyl (C=O) groups excluding carboxylic acids is 1. The highest BCUT2D eigenvalue weighted by atomic mass is 32.2. The predicted molar refractivity (Wildman–Crippen MR) is 79.5 cm³/mol. The van der Waals surface area contributed by atoms with E-state index in [0.29, 0.717) is 5.39 Å². The minimum absolute atomic E-state index is 0.0816. The van der Waals surface area contributed by atoms with Crippen molar-refractivity contribution < 1.29 is 23.1 Å². The zero-order valence-corrected chi connectivity index (χ0v) is 12.2. The van der Waals surface area contributed by atoms with Crippen molar-refractivity contribution in [2.75, 3.05) is 0 Å². The fraction of sp³-hybridized carbons (Fsp3) is 0.143. The first-order valence-electron chi connectivity index (χ1n) is 6.32. The van der Waals surface area contributed by atoms with E-state index in [1.54, 1.807) is 18.2 Å². The average Bonchev–Trinajstić information content (AvgIpc) is 2.45. The number of fused-ring (bicyclic) bond motifs is 1. The summed E-state index contributed by atoms with van der Waals surface area (Å²) >= 11 is 0. The Hall–Kier alpha value is -2.45. The van der Waals surface area contributed by atoms with Crippen LogP contribution in [0, 0.1) is 0 Å². The molecule has 7 nitrogen and oxygen atoms in total. The molecule has 4 N–H and O–H groups in total. The molecule has 22 heavy (non-hydrogen) atoms. The SMILES string of the molecule is NC(=O)CC(NS(=O)(=O)c1ccc2ccccc2c1)C(=O)O. The summed E-state index contributed by atoms with van der Waals surface area (Å²) < 4.78 is 26.5. The lowest BCUT2D eigenvalue weighted by molar-refractivity contribution is -0.140. The standard InChI is InChI=1S/C14H14N2O5S/c15-13(17)8-12(14(18)19)16-22(20,21)11-6-5-9-3-1-2-4-10(9)7-11/h1-7,12,16H,8H2,(H2,15,17)(H,18,19). The van der Waals surface area contributed by atoms with E-state index >= 15 is 0 Å². The molecule has 0 saturated heterocycles. The Morgan fingerprint density at radius 3 is 2.36 bits per heavy atom. The number of carboxylic acids is 1. The molecule has 0 aliphatic carbocycles. The van der Waals surface area contributed by atoms with Crippen LogP contribution in [0.1, 0.15) is 6.42 Å². The number of primary amides is 1. The van der Waals surface area contributed by atoms with Gasteiger partial charge in [0, 0.05) is 0 Å². The summed E-state index contributed by atoms with van der Waals surface area (Å²) in [5.74, 6) is -2.38. The molecule has 1 unspecified atom stereocenters. The van der Waals surface area contributed by atoms with Crippen molar-refractivity contribution >= 4 is 32.7 Å². The third-order valence-corrected chi connectivity index (χ3v) is 4.50. The first-order valence-corrected chi connectivity index (χ1v) is 7.80. The Kier molecular flexibility index (Phi) is 4.43. The number of hydrogen-bond acceptors (Lipinski definition) is 4. The minimum atomic E-state index is -4.08. The quantitative estimate of drug-likeness (QED) is 0.711. The number of nitrogens with two attached hydrogens (primary N) is 1. The summed E-state index contributed by atoms with van der Waals surface area (Å²) in [6, 6.07) is 9.97. The summed E-state index contributed by atoms with van der Waals surface area (Å²) in [6.45, 7) is 0. The molecule has 0 fully saturated rings. The summed E-state index contributed by atoms with van der Waals surface area (Å²) in [7, 11) is -4.08. The van der Waals surface area contributed by atoms with E-state index in [0.717, 1.165) is 5.39 Å². The van der Waals surface area contributed by atoms with Crippen LogP contribution in [0.25, 0.3) is 10.8 Å². The van der Waals surface area contributed by atoms with E-state index < -0.39 is 34.4 Å². The number of hydrogen-bond donors (Lipinski definition) is 3. The predicted octanol–water partition coefficient (Wildman–Crippen LogP) is 0.447. The molecule has 116 valence electrons. The molecule has 0 saturated carbocycles. The molecular weight excluding hydrogens is 308 g/mol. The molecule has 2 aromatic carbocycles. The summed E-state index contributed by atoms with van der Waals surface area (Å²) in [5, 5.41) is 10.5. The molecule has 0 aromatic heterocycles. The van der Waals surface area contributed by atoms with Crippen LogP contribution in [0.15, 0.2) is 47.4 Å². The van der Waals surface area contributed by atoms with Crippen LogP contribution in [0.2, 0.25) is 0 Å². The molecule has 8 heteroatoms. The number of amides is 1. The zero-order valence-electron chi connectivity index (χ0n) is 11.4. The van der Waals surface area contributed by atoms with Crippen molar-refractivity contribution in [2.24, 2.45) is 5.73 Å². The van der Waals surface area contributed by atoms with Gasteiger partial charge in [0.25, 0.3) is 0 Å². The van der Waals surface area contributed by atoms with Crippen LogP contribution in [-0.4, -0.2) is 31.4 Å².